The van der Waals surface area contributed by atoms with E-state index < -0.39 is 0 Å². The van der Waals surface area contributed by atoms with Crippen molar-refractivity contribution >= 4 is 31.9 Å². The van der Waals surface area contributed by atoms with Crippen molar-refractivity contribution in [2.75, 3.05) is 7.11 Å². The summed E-state index contributed by atoms with van der Waals surface area (Å²) in [6.07, 6.45) is 2.31. The smallest absolute Gasteiger partial charge is 0.216 e. The van der Waals surface area contributed by atoms with E-state index in [2.05, 4.69) is 67.0 Å². The van der Waals surface area contributed by atoms with E-state index in [1.165, 1.54) is 17.5 Å². The zero-order chi connectivity index (χ0) is 13.8. The summed E-state index contributed by atoms with van der Waals surface area (Å²) in [7, 11) is 1.61. The van der Waals surface area contributed by atoms with Crippen molar-refractivity contribution in [1.29, 1.82) is 0 Å². The van der Waals surface area contributed by atoms with Gasteiger partial charge in [-0.1, -0.05) is 37.9 Å². The number of halogens is 2. The summed E-state index contributed by atoms with van der Waals surface area (Å²) in [6.45, 7) is 2.09. The topological polar surface area (TPSA) is 35.0 Å². The molecule has 0 aliphatic rings. The van der Waals surface area contributed by atoms with Gasteiger partial charge in [0.2, 0.25) is 5.88 Å². The highest BCUT2D eigenvalue weighted by Gasteiger charge is 2.11. The largest absolute Gasteiger partial charge is 0.481 e. The third-order valence-electron chi connectivity index (χ3n) is 2.72. The lowest BCUT2D eigenvalue weighted by molar-refractivity contribution is 0.396. The first-order valence-electron chi connectivity index (χ1n) is 5.84. The highest BCUT2D eigenvalue weighted by atomic mass is 79.9. The van der Waals surface area contributed by atoms with Crippen LogP contribution < -0.4 is 4.74 Å². The van der Waals surface area contributed by atoms with Crippen molar-refractivity contribution in [3.05, 3.63) is 51.9 Å². The first kappa shape index (κ1) is 14.5. The molecule has 0 spiro atoms. The number of nitrogens with zero attached hydrogens (tertiary/aromatic N) is 2. The fourth-order valence-corrected chi connectivity index (χ4v) is 3.07. The lowest BCUT2D eigenvalue weighted by atomic mass is 10.1. The van der Waals surface area contributed by atoms with Crippen LogP contribution in [0.1, 0.15) is 21.6 Å². The zero-order valence-electron chi connectivity index (χ0n) is 10.7. The Morgan fingerprint density at radius 1 is 1.21 bits per heavy atom. The van der Waals surface area contributed by atoms with E-state index in [1.54, 1.807) is 7.11 Å². The Morgan fingerprint density at radius 3 is 2.68 bits per heavy atom. The predicted octanol–water partition coefficient (Wildman–Crippen LogP) is 4.23. The molecule has 0 aliphatic carbocycles. The minimum atomic E-state index is 0.211. The van der Waals surface area contributed by atoms with Gasteiger partial charge in [0.15, 0.2) is 0 Å². The number of aryl methyl sites for hydroxylation is 1. The van der Waals surface area contributed by atoms with Crippen molar-refractivity contribution in [3.8, 4) is 5.88 Å². The van der Waals surface area contributed by atoms with Crippen LogP contribution in [0.25, 0.3) is 0 Å². The maximum Gasteiger partial charge on any atom is 0.216 e. The van der Waals surface area contributed by atoms with Gasteiger partial charge in [-0.3, -0.25) is 0 Å². The van der Waals surface area contributed by atoms with Crippen molar-refractivity contribution in [2.24, 2.45) is 0 Å². The molecule has 2 aromatic rings. The summed E-state index contributed by atoms with van der Waals surface area (Å²) in [5.74, 6) is 0.593. The van der Waals surface area contributed by atoms with E-state index in [1.807, 2.05) is 6.07 Å². The molecule has 1 unspecified atom stereocenters. The summed E-state index contributed by atoms with van der Waals surface area (Å²) in [5.41, 5.74) is 3.41. The highest BCUT2D eigenvalue weighted by molar-refractivity contribution is 9.10. The molecule has 5 heteroatoms. The van der Waals surface area contributed by atoms with Crippen molar-refractivity contribution in [2.45, 2.75) is 18.2 Å². The minimum Gasteiger partial charge on any atom is -0.481 e. The van der Waals surface area contributed by atoms with Crippen LogP contribution in [0.4, 0.5) is 0 Å². The van der Waals surface area contributed by atoms with E-state index in [0.717, 1.165) is 16.6 Å². The standard InChI is InChI=1S/C14H14Br2N2O/c1-9-3-10(5-11(15)4-9)13(16)6-12-7-14(19-2)18-8-17-12/h3-5,7-8,13H,6H2,1-2H3. The molecule has 0 amide bonds. The van der Waals surface area contributed by atoms with Crippen molar-refractivity contribution in [1.82, 2.24) is 9.97 Å². The van der Waals surface area contributed by atoms with E-state index in [9.17, 15) is 0 Å². The first-order chi connectivity index (χ1) is 9.08. The minimum absolute atomic E-state index is 0.211. The van der Waals surface area contributed by atoms with Crippen LogP contribution in [-0.4, -0.2) is 17.1 Å². The molecule has 0 N–H and O–H groups in total. The molecule has 0 fully saturated rings. The second kappa shape index (κ2) is 6.48. The van der Waals surface area contributed by atoms with Gasteiger partial charge in [-0.2, -0.15) is 0 Å². The van der Waals surface area contributed by atoms with E-state index >= 15 is 0 Å². The van der Waals surface area contributed by atoms with Crippen LogP contribution in [-0.2, 0) is 6.42 Å². The molecule has 0 saturated heterocycles. The monoisotopic (exact) mass is 384 g/mol. The Bertz CT molecular complexity index is 555. The fourth-order valence-electron chi connectivity index (χ4n) is 1.85. The van der Waals surface area contributed by atoms with Gasteiger partial charge in [0.1, 0.15) is 6.33 Å². The maximum absolute atomic E-state index is 5.11. The second-order valence-corrected chi connectivity index (χ2v) is 6.31. The normalized spacial score (nSPS) is 12.2. The molecule has 0 radical (unpaired) electrons. The number of ether oxygens (including phenoxy) is 1. The number of benzene rings is 1. The van der Waals surface area contributed by atoms with Gasteiger partial charge in [-0.15, -0.1) is 0 Å². The summed E-state index contributed by atoms with van der Waals surface area (Å²) in [6, 6.07) is 8.24. The van der Waals surface area contributed by atoms with Gasteiger partial charge in [0, 0.05) is 27.5 Å². The number of rotatable bonds is 4. The lowest BCUT2D eigenvalue weighted by Gasteiger charge is -2.11. The van der Waals surface area contributed by atoms with Gasteiger partial charge in [0.05, 0.1) is 7.11 Å². The molecule has 3 nitrogen and oxygen atoms in total. The Hall–Kier alpha value is -0.940. The van der Waals surface area contributed by atoms with Crippen molar-refractivity contribution in [3.63, 3.8) is 0 Å². The summed E-state index contributed by atoms with van der Waals surface area (Å²) in [4.78, 5) is 8.49. The maximum atomic E-state index is 5.11. The van der Waals surface area contributed by atoms with Crippen LogP contribution in [0.2, 0.25) is 0 Å². The Labute approximate surface area is 129 Å². The highest BCUT2D eigenvalue weighted by Crippen LogP contribution is 2.29. The lowest BCUT2D eigenvalue weighted by Crippen LogP contribution is -2.00. The Kier molecular flexibility index (Phi) is 4.93. The fraction of sp³-hybridized carbons (Fsp3) is 0.286. The second-order valence-electron chi connectivity index (χ2n) is 4.29. The number of methoxy groups -OCH3 is 1. The SMILES string of the molecule is COc1cc(CC(Br)c2cc(C)cc(Br)c2)ncn1. The molecule has 1 aromatic carbocycles. The summed E-state index contributed by atoms with van der Waals surface area (Å²) >= 11 is 7.24. The average molecular weight is 386 g/mol. The number of hydrogen-bond acceptors (Lipinski definition) is 3. The van der Waals surface area contributed by atoms with Crippen LogP contribution in [0.3, 0.4) is 0 Å². The zero-order valence-corrected chi connectivity index (χ0v) is 13.9. The third kappa shape index (κ3) is 4.01. The molecular weight excluding hydrogens is 372 g/mol. The van der Waals surface area contributed by atoms with Gasteiger partial charge in [-0.05, 0) is 30.2 Å². The molecular formula is C14H14Br2N2O. The predicted molar refractivity (Wildman–Crippen MR) is 82.8 cm³/mol. The molecule has 1 atom stereocenters. The van der Waals surface area contributed by atoms with Crippen LogP contribution in [0.15, 0.2) is 35.1 Å². The first-order valence-corrected chi connectivity index (χ1v) is 7.55. The Morgan fingerprint density at radius 2 is 2.00 bits per heavy atom. The number of aromatic nitrogens is 2. The Balaban J connectivity index is 2.17. The molecule has 100 valence electrons. The molecule has 19 heavy (non-hydrogen) atoms. The van der Waals surface area contributed by atoms with Gasteiger partial charge < -0.3 is 4.74 Å². The van der Waals surface area contributed by atoms with Gasteiger partial charge >= 0.3 is 0 Å². The van der Waals surface area contributed by atoms with E-state index in [0.29, 0.717) is 5.88 Å². The van der Waals surface area contributed by atoms with Crippen molar-refractivity contribution < 1.29 is 4.74 Å². The molecule has 0 aliphatic heterocycles. The van der Waals surface area contributed by atoms with Crippen LogP contribution >= 0.6 is 31.9 Å². The number of alkyl halides is 1. The molecule has 1 heterocycles. The molecule has 1 aromatic heterocycles. The van der Waals surface area contributed by atoms with E-state index in [4.69, 9.17) is 4.74 Å². The van der Waals surface area contributed by atoms with Crippen LogP contribution in [0, 0.1) is 6.92 Å². The van der Waals surface area contributed by atoms with Crippen LogP contribution in [0.5, 0.6) is 5.88 Å². The molecule has 0 saturated carbocycles. The molecule has 2 rings (SSSR count). The quantitative estimate of drug-likeness (QED) is 0.738. The summed E-state index contributed by atoms with van der Waals surface area (Å²) in [5, 5.41) is 0. The third-order valence-corrected chi connectivity index (χ3v) is 4.03. The van der Waals surface area contributed by atoms with Gasteiger partial charge in [-0.25, -0.2) is 9.97 Å². The van der Waals surface area contributed by atoms with Gasteiger partial charge in [0.25, 0.3) is 0 Å². The number of hydrogen-bond donors (Lipinski definition) is 0. The average Bonchev–Trinajstić information content (AvgIpc) is 2.37. The summed E-state index contributed by atoms with van der Waals surface area (Å²) < 4.78 is 6.20. The van der Waals surface area contributed by atoms with E-state index in [-0.39, 0.29) is 4.83 Å². The molecule has 0 bridgehead atoms.